The minimum atomic E-state index is -0.515. The summed E-state index contributed by atoms with van der Waals surface area (Å²) in [7, 11) is 0. The molecule has 136 valence electrons. The highest BCUT2D eigenvalue weighted by molar-refractivity contribution is 6.30. The van der Waals surface area contributed by atoms with Crippen LogP contribution in [0.2, 0.25) is 5.02 Å². The summed E-state index contributed by atoms with van der Waals surface area (Å²) in [4.78, 5) is 26.8. The number of halogens is 2. The van der Waals surface area contributed by atoms with Gasteiger partial charge in [0.2, 0.25) is 0 Å². The number of imidazole rings is 1. The number of benzene rings is 1. The molecule has 4 rings (SSSR count). The van der Waals surface area contributed by atoms with Gasteiger partial charge in [-0.25, -0.2) is 14.4 Å². The number of hydrogen-bond donors (Lipinski definition) is 3. The van der Waals surface area contributed by atoms with Crippen LogP contribution in [0.25, 0.3) is 22.3 Å². The Bertz CT molecular complexity index is 1200. The topological polar surface area (TPSA) is 86.5 Å². The van der Waals surface area contributed by atoms with Crippen molar-refractivity contribution in [1.29, 1.82) is 0 Å². The Morgan fingerprint density at radius 3 is 2.81 bits per heavy atom. The standard InChI is InChI=1S/C19H15ClFN5O/c1-2-14-16(25-15-5-6-22-18-17(15)23-9-24-18)8-12(19(27)26-14)11-7-10(20)3-4-13(11)21/h3-9H,2H2,1H3,(H,26,27)(H2,22,23,24,25). The summed E-state index contributed by atoms with van der Waals surface area (Å²) in [6, 6.07) is 7.54. The fraction of sp³-hybridized carbons (Fsp3) is 0.105. The molecule has 3 heterocycles. The van der Waals surface area contributed by atoms with E-state index in [1.165, 1.54) is 18.2 Å². The molecule has 6 nitrogen and oxygen atoms in total. The second-order valence-corrected chi connectivity index (χ2v) is 6.40. The molecule has 0 saturated heterocycles. The van der Waals surface area contributed by atoms with Crippen molar-refractivity contribution in [3.05, 3.63) is 69.7 Å². The number of anilines is 2. The molecule has 0 bridgehead atoms. The first-order chi connectivity index (χ1) is 13.1. The summed E-state index contributed by atoms with van der Waals surface area (Å²) in [6.45, 7) is 1.92. The smallest absolute Gasteiger partial charge is 0.256 e. The van der Waals surface area contributed by atoms with E-state index in [-0.39, 0.29) is 16.7 Å². The second kappa shape index (κ2) is 6.85. The van der Waals surface area contributed by atoms with Crippen molar-refractivity contribution in [2.45, 2.75) is 13.3 Å². The average Bonchev–Trinajstić information content (AvgIpc) is 3.15. The van der Waals surface area contributed by atoms with Crippen molar-refractivity contribution in [3.63, 3.8) is 0 Å². The first-order valence-corrected chi connectivity index (χ1v) is 8.71. The van der Waals surface area contributed by atoms with Crippen LogP contribution in [0, 0.1) is 5.82 Å². The Morgan fingerprint density at radius 2 is 2.00 bits per heavy atom. The van der Waals surface area contributed by atoms with Crippen molar-refractivity contribution >= 4 is 34.1 Å². The zero-order valence-electron chi connectivity index (χ0n) is 14.3. The number of H-pyrrole nitrogens is 2. The Hall–Kier alpha value is -3.19. The predicted molar refractivity (Wildman–Crippen MR) is 104 cm³/mol. The van der Waals surface area contributed by atoms with E-state index in [0.29, 0.717) is 34.0 Å². The summed E-state index contributed by atoms with van der Waals surface area (Å²) in [5, 5.41) is 3.63. The molecule has 0 aliphatic carbocycles. The van der Waals surface area contributed by atoms with Gasteiger partial charge < -0.3 is 15.3 Å². The molecule has 0 radical (unpaired) electrons. The summed E-state index contributed by atoms with van der Waals surface area (Å²) in [5.74, 6) is -0.515. The molecular weight excluding hydrogens is 369 g/mol. The van der Waals surface area contributed by atoms with Crippen molar-refractivity contribution < 1.29 is 4.39 Å². The van der Waals surface area contributed by atoms with Crippen LogP contribution in [0.15, 0.2) is 47.7 Å². The number of hydrogen-bond acceptors (Lipinski definition) is 4. The maximum Gasteiger partial charge on any atom is 0.256 e. The van der Waals surface area contributed by atoms with E-state index >= 15 is 0 Å². The average molecular weight is 384 g/mol. The van der Waals surface area contributed by atoms with Gasteiger partial charge in [0, 0.05) is 22.5 Å². The number of nitrogens with zero attached hydrogens (tertiary/aromatic N) is 2. The molecule has 0 spiro atoms. The lowest BCUT2D eigenvalue weighted by Crippen LogP contribution is -2.14. The van der Waals surface area contributed by atoms with Crippen molar-refractivity contribution in [1.82, 2.24) is 19.9 Å². The van der Waals surface area contributed by atoms with Gasteiger partial charge >= 0.3 is 0 Å². The Kier molecular flexibility index (Phi) is 4.37. The fourth-order valence-corrected chi connectivity index (χ4v) is 3.13. The van der Waals surface area contributed by atoms with Gasteiger partial charge in [-0.1, -0.05) is 18.5 Å². The Balaban J connectivity index is 1.86. The van der Waals surface area contributed by atoms with E-state index < -0.39 is 5.82 Å². The predicted octanol–water partition coefficient (Wildman–Crippen LogP) is 4.41. The second-order valence-electron chi connectivity index (χ2n) is 5.97. The molecular formula is C19H15ClFN5O. The molecule has 4 aromatic rings. The molecule has 1 aromatic carbocycles. The van der Waals surface area contributed by atoms with Crippen molar-refractivity contribution in [2.24, 2.45) is 0 Å². The minimum absolute atomic E-state index is 0.147. The Morgan fingerprint density at radius 1 is 1.15 bits per heavy atom. The fourth-order valence-electron chi connectivity index (χ4n) is 2.96. The molecule has 27 heavy (non-hydrogen) atoms. The number of nitrogens with one attached hydrogen (secondary N) is 3. The molecule has 8 heteroatoms. The normalized spacial score (nSPS) is 11.1. The van der Waals surface area contributed by atoms with E-state index in [2.05, 4.69) is 25.3 Å². The number of aryl methyl sites for hydroxylation is 1. The first-order valence-electron chi connectivity index (χ1n) is 8.33. The number of rotatable bonds is 4. The van der Waals surface area contributed by atoms with Gasteiger partial charge in [-0.2, -0.15) is 0 Å². The van der Waals surface area contributed by atoms with Gasteiger partial charge in [-0.05, 0) is 36.8 Å². The highest BCUT2D eigenvalue weighted by Gasteiger charge is 2.15. The van der Waals surface area contributed by atoms with Gasteiger partial charge in [0.05, 0.1) is 23.3 Å². The summed E-state index contributed by atoms with van der Waals surface area (Å²) in [5.41, 5.74) is 3.35. The van der Waals surface area contributed by atoms with E-state index in [1.54, 1.807) is 24.7 Å². The van der Waals surface area contributed by atoms with Crippen LogP contribution < -0.4 is 10.9 Å². The van der Waals surface area contributed by atoms with Gasteiger partial charge in [0.1, 0.15) is 11.3 Å². The Labute approximate surface area is 158 Å². The number of aromatic nitrogens is 4. The van der Waals surface area contributed by atoms with Crippen molar-refractivity contribution in [3.8, 4) is 11.1 Å². The van der Waals surface area contributed by atoms with Crippen LogP contribution >= 0.6 is 11.6 Å². The lowest BCUT2D eigenvalue weighted by molar-refractivity contribution is 0.631. The van der Waals surface area contributed by atoms with Crippen molar-refractivity contribution in [2.75, 3.05) is 5.32 Å². The van der Waals surface area contributed by atoms with Crippen LogP contribution in [-0.4, -0.2) is 19.9 Å². The third kappa shape index (κ3) is 3.17. The van der Waals surface area contributed by atoms with Crippen LogP contribution in [0.5, 0.6) is 0 Å². The molecule has 0 amide bonds. The van der Waals surface area contributed by atoms with E-state index in [4.69, 9.17) is 11.6 Å². The monoisotopic (exact) mass is 383 g/mol. The van der Waals surface area contributed by atoms with Crippen LogP contribution in [0.4, 0.5) is 15.8 Å². The lowest BCUT2D eigenvalue weighted by Gasteiger charge is -2.13. The largest absolute Gasteiger partial charge is 0.352 e. The molecule has 0 atom stereocenters. The van der Waals surface area contributed by atoms with Gasteiger partial charge in [-0.15, -0.1) is 0 Å². The van der Waals surface area contributed by atoms with E-state index in [0.717, 1.165) is 5.69 Å². The van der Waals surface area contributed by atoms with E-state index in [1.807, 2.05) is 6.92 Å². The molecule has 3 aromatic heterocycles. The first kappa shape index (κ1) is 17.2. The number of pyridine rings is 2. The summed E-state index contributed by atoms with van der Waals surface area (Å²) < 4.78 is 14.3. The van der Waals surface area contributed by atoms with Crippen LogP contribution in [0.3, 0.4) is 0 Å². The maximum absolute atomic E-state index is 14.3. The summed E-state index contributed by atoms with van der Waals surface area (Å²) in [6.07, 6.45) is 3.80. The molecule has 3 N–H and O–H groups in total. The zero-order valence-corrected chi connectivity index (χ0v) is 15.1. The van der Waals surface area contributed by atoms with Gasteiger partial charge in [0.15, 0.2) is 5.65 Å². The van der Waals surface area contributed by atoms with Crippen LogP contribution in [-0.2, 0) is 6.42 Å². The third-order valence-electron chi connectivity index (χ3n) is 4.28. The highest BCUT2D eigenvalue weighted by Crippen LogP contribution is 2.29. The summed E-state index contributed by atoms with van der Waals surface area (Å²) >= 11 is 5.99. The molecule has 0 unspecified atom stereocenters. The van der Waals surface area contributed by atoms with Gasteiger partial charge in [0.25, 0.3) is 5.56 Å². The molecule has 0 aliphatic heterocycles. The zero-order chi connectivity index (χ0) is 19.0. The maximum atomic E-state index is 14.3. The van der Waals surface area contributed by atoms with Crippen LogP contribution in [0.1, 0.15) is 12.6 Å². The molecule has 0 saturated carbocycles. The quantitative estimate of drug-likeness (QED) is 0.487. The molecule has 0 fully saturated rings. The molecule has 0 aliphatic rings. The number of fused-ring (bicyclic) bond motifs is 1. The van der Waals surface area contributed by atoms with E-state index in [9.17, 15) is 9.18 Å². The number of aromatic amines is 2. The van der Waals surface area contributed by atoms with Gasteiger partial charge in [-0.3, -0.25) is 4.79 Å². The lowest BCUT2D eigenvalue weighted by atomic mass is 10.0. The highest BCUT2D eigenvalue weighted by atomic mass is 35.5. The third-order valence-corrected chi connectivity index (χ3v) is 4.52. The minimum Gasteiger partial charge on any atom is -0.352 e. The SMILES string of the molecule is CCc1[nH]c(=O)c(-c2cc(Cl)ccc2F)cc1Nc1ccnc2[nH]cnc12.